The molecule has 1 aromatic heterocycles. The molecule has 0 bridgehead atoms. The number of hydrogen-bond acceptors (Lipinski definition) is 3. The highest BCUT2D eigenvalue weighted by Gasteiger charge is 2.29. The van der Waals surface area contributed by atoms with Gasteiger partial charge in [0.25, 0.3) is 0 Å². The van der Waals surface area contributed by atoms with E-state index in [1.54, 1.807) is 0 Å². The third kappa shape index (κ3) is 2.69. The van der Waals surface area contributed by atoms with E-state index in [1.807, 2.05) is 6.20 Å². The lowest BCUT2D eigenvalue weighted by molar-refractivity contribution is -0.445. The van der Waals surface area contributed by atoms with Gasteiger partial charge in [-0.1, -0.05) is 13.8 Å². The quantitative estimate of drug-likeness (QED) is 0.773. The van der Waals surface area contributed by atoms with Gasteiger partial charge in [0.05, 0.1) is 38.5 Å². The zero-order valence-electron chi connectivity index (χ0n) is 11.7. The third-order valence-corrected chi connectivity index (χ3v) is 4.00. The largest absolute Gasteiger partial charge is 0.378 e. The number of nitrogens with zero attached hydrogens (tertiary/aromatic N) is 3. The maximum atomic E-state index is 5.26. The van der Waals surface area contributed by atoms with Crippen molar-refractivity contribution >= 4 is 11.9 Å². The van der Waals surface area contributed by atoms with Crippen molar-refractivity contribution in [2.45, 2.75) is 25.8 Å². The molecule has 1 fully saturated rings. The topological polar surface area (TPSA) is 28.4 Å². The summed E-state index contributed by atoms with van der Waals surface area (Å²) in [6.45, 7) is 9.31. The second kappa shape index (κ2) is 5.39. The van der Waals surface area contributed by atoms with Crippen molar-refractivity contribution in [3.63, 3.8) is 0 Å². The van der Waals surface area contributed by atoms with Gasteiger partial charge in [0, 0.05) is 11.8 Å². The lowest BCUT2D eigenvalue weighted by Crippen LogP contribution is -2.53. The average Bonchev–Trinajstić information content (AvgIpc) is 2.38. The first-order chi connectivity index (χ1) is 9.24. The maximum Gasteiger partial charge on any atom is 0.223 e. The van der Waals surface area contributed by atoms with Crippen LogP contribution in [0.25, 0.3) is 0 Å². The Morgan fingerprint density at radius 3 is 2.68 bits per heavy atom. The molecular weight excluding hydrogens is 238 g/mol. The second-order valence-corrected chi connectivity index (χ2v) is 5.66. The van der Waals surface area contributed by atoms with Crippen LogP contribution in [0.3, 0.4) is 0 Å². The first kappa shape index (κ1) is 12.8. The smallest absolute Gasteiger partial charge is 0.223 e. The Bertz CT molecular complexity index is 463. The summed E-state index contributed by atoms with van der Waals surface area (Å²) in [5.74, 6) is 0.494. The van der Waals surface area contributed by atoms with Crippen molar-refractivity contribution in [1.82, 2.24) is 9.88 Å². The van der Waals surface area contributed by atoms with Crippen LogP contribution in [0.5, 0.6) is 0 Å². The number of rotatable bonds is 3. The van der Waals surface area contributed by atoms with Gasteiger partial charge >= 0.3 is 0 Å². The summed E-state index contributed by atoms with van der Waals surface area (Å²) in [4.78, 5) is 7.04. The fraction of sp³-hybridized carbons (Fsp3) is 0.600. The van der Waals surface area contributed by atoms with E-state index in [0.717, 1.165) is 38.5 Å². The Morgan fingerprint density at radius 1 is 1.37 bits per heavy atom. The van der Waals surface area contributed by atoms with E-state index in [9.17, 15) is 0 Å². The Kier molecular flexibility index (Phi) is 3.62. The number of hydrogen-bond donors (Lipinski definition) is 0. The van der Waals surface area contributed by atoms with Crippen molar-refractivity contribution in [1.29, 1.82) is 0 Å². The highest BCUT2D eigenvalue weighted by atomic mass is 16.5. The molecule has 0 atom stereocenters. The molecule has 19 heavy (non-hydrogen) atoms. The molecule has 1 aromatic rings. The van der Waals surface area contributed by atoms with Crippen molar-refractivity contribution in [2.75, 3.05) is 32.8 Å². The van der Waals surface area contributed by atoms with Gasteiger partial charge in [-0.25, -0.2) is 0 Å². The summed E-state index contributed by atoms with van der Waals surface area (Å²) in [5, 5.41) is 0. The van der Waals surface area contributed by atoms with Gasteiger partial charge < -0.3 is 4.74 Å². The normalized spacial score (nSPS) is 21.3. The van der Waals surface area contributed by atoms with Crippen LogP contribution >= 0.6 is 0 Å². The Hall–Kier alpha value is -1.26. The first-order valence-corrected chi connectivity index (χ1v) is 7.12. The molecule has 0 aromatic carbocycles. The highest BCUT2D eigenvalue weighted by molar-refractivity contribution is 5.57. The molecule has 0 aliphatic carbocycles. The van der Waals surface area contributed by atoms with Crippen LogP contribution in [0.15, 0.2) is 18.3 Å². The van der Waals surface area contributed by atoms with Crippen LogP contribution in [-0.4, -0.2) is 59.6 Å². The molecular formula is C15H22N3O+. The Morgan fingerprint density at radius 2 is 2.21 bits per heavy atom. The molecule has 0 spiro atoms. The third-order valence-electron chi connectivity index (χ3n) is 4.00. The molecule has 2 aliphatic rings. The van der Waals surface area contributed by atoms with Gasteiger partial charge in [0.1, 0.15) is 0 Å². The van der Waals surface area contributed by atoms with E-state index in [4.69, 9.17) is 4.74 Å². The molecule has 102 valence electrons. The zero-order valence-corrected chi connectivity index (χ0v) is 11.7. The van der Waals surface area contributed by atoms with Crippen molar-refractivity contribution in [3.8, 4) is 0 Å². The fourth-order valence-electron chi connectivity index (χ4n) is 2.53. The predicted molar refractivity (Wildman–Crippen MR) is 75.4 cm³/mol. The summed E-state index contributed by atoms with van der Waals surface area (Å²) in [6, 6.07) is 4.96. The van der Waals surface area contributed by atoms with E-state index in [-0.39, 0.29) is 0 Å². The minimum absolute atomic E-state index is 0.494. The predicted octanol–water partition coefficient (Wildman–Crippen LogP) is 1.63. The number of ether oxygens (including phenoxy) is 1. The van der Waals surface area contributed by atoms with Crippen molar-refractivity contribution in [2.24, 2.45) is 0 Å². The fourth-order valence-corrected chi connectivity index (χ4v) is 2.53. The van der Waals surface area contributed by atoms with Crippen LogP contribution in [0.1, 0.15) is 25.5 Å². The summed E-state index contributed by atoms with van der Waals surface area (Å²) in [5.41, 5.74) is 2.36. The SMILES string of the molecule is CC(C)c1ccc([N+]2=CCN(C3COC3)CC2)cn1. The summed E-state index contributed by atoms with van der Waals surface area (Å²) < 4.78 is 7.57. The van der Waals surface area contributed by atoms with E-state index in [1.165, 1.54) is 5.69 Å². The van der Waals surface area contributed by atoms with Crippen LogP contribution in [0.4, 0.5) is 5.69 Å². The Balaban J connectivity index is 1.67. The average molecular weight is 260 g/mol. The van der Waals surface area contributed by atoms with Crippen LogP contribution < -0.4 is 0 Å². The second-order valence-electron chi connectivity index (χ2n) is 5.66. The molecule has 4 nitrogen and oxygen atoms in total. The Labute approximate surface area is 114 Å². The molecule has 3 rings (SSSR count). The van der Waals surface area contributed by atoms with Crippen molar-refractivity contribution < 1.29 is 9.31 Å². The molecule has 3 heterocycles. The van der Waals surface area contributed by atoms with Crippen molar-refractivity contribution in [3.05, 3.63) is 24.0 Å². The molecule has 0 unspecified atom stereocenters. The zero-order chi connectivity index (χ0) is 13.2. The minimum Gasteiger partial charge on any atom is -0.378 e. The first-order valence-electron chi connectivity index (χ1n) is 7.12. The minimum atomic E-state index is 0.494. The molecule has 2 aliphatic heterocycles. The summed E-state index contributed by atoms with van der Waals surface area (Å²) in [6.07, 6.45) is 4.27. The van der Waals surface area contributed by atoms with E-state index < -0.39 is 0 Å². The van der Waals surface area contributed by atoms with Gasteiger partial charge in [0.2, 0.25) is 5.69 Å². The van der Waals surface area contributed by atoms with Gasteiger partial charge in [0.15, 0.2) is 12.8 Å². The lowest BCUT2D eigenvalue weighted by Gasteiger charge is -2.36. The molecule has 0 N–H and O–H groups in total. The molecule has 0 saturated carbocycles. The molecule has 0 radical (unpaired) electrons. The molecule has 4 heteroatoms. The number of pyridine rings is 1. The van der Waals surface area contributed by atoms with Gasteiger partial charge in [-0.3, -0.25) is 9.88 Å². The highest BCUT2D eigenvalue weighted by Crippen LogP contribution is 2.18. The molecule has 0 amide bonds. The van der Waals surface area contributed by atoms with Crippen LogP contribution in [-0.2, 0) is 4.74 Å². The van der Waals surface area contributed by atoms with E-state index >= 15 is 0 Å². The maximum absolute atomic E-state index is 5.26. The summed E-state index contributed by atoms with van der Waals surface area (Å²) >= 11 is 0. The van der Waals surface area contributed by atoms with Crippen LogP contribution in [0, 0.1) is 0 Å². The summed E-state index contributed by atoms with van der Waals surface area (Å²) in [7, 11) is 0. The lowest BCUT2D eigenvalue weighted by atomic mass is 10.1. The van der Waals surface area contributed by atoms with Gasteiger partial charge in [-0.15, -0.1) is 0 Å². The van der Waals surface area contributed by atoms with Gasteiger partial charge in [-0.2, -0.15) is 4.58 Å². The van der Waals surface area contributed by atoms with E-state index in [2.05, 4.69) is 46.7 Å². The van der Waals surface area contributed by atoms with Crippen LogP contribution in [0.2, 0.25) is 0 Å². The van der Waals surface area contributed by atoms with Gasteiger partial charge in [-0.05, 0) is 12.0 Å². The monoisotopic (exact) mass is 260 g/mol. The standard InChI is InChI=1S/C15H22N3O/c1-12(2)15-4-3-13(9-16-15)17-5-7-18(8-6-17)14-10-19-11-14/h3-5,9,12,14H,6-8,10-11H2,1-2H3/q+1. The molecule has 1 saturated heterocycles. The van der Waals surface area contributed by atoms with E-state index in [0.29, 0.717) is 12.0 Å². The number of aromatic nitrogens is 1.